The molecule has 0 spiro atoms. The zero-order chi connectivity index (χ0) is 11.1. The molecule has 1 rings (SSSR count). The van der Waals surface area contributed by atoms with Crippen molar-refractivity contribution in [3.8, 4) is 0 Å². The molecule has 0 radical (unpaired) electrons. The number of hydrogen-bond acceptors (Lipinski definition) is 3. The van der Waals surface area contributed by atoms with Crippen LogP contribution in [0.3, 0.4) is 0 Å². The number of rotatable bonds is 7. The maximum absolute atomic E-state index is 9.66. The van der Waals surface area contributed by atoms with Gasteiger partial charge in [0.1, 0.15) is 0 Å². The molecule has 0 aliphatic carbocycles. The Morgan fingerprint density at radius 1 is 1.33 bits per heavy atom. The number of likely N-dealkylation sites (N-methyl/N-ethyl adjacent to an activating group) is 1. The van der Waals surface area contributed by atoms with Crippen LogP contribution < -0.4 is 0 Å². The van der Waals surface area contributed by atoms with Crippen molar-refractivity contribution in [3.63, 3.8) is 0 Å². The summed E-state index contributed by atoms with van der Waals surface area (Å²) < 4.78 is 0. The fourth-order valence-corrected chi connectivity index (χ4v) is 2.19. The summed E-state index contributed by atoms with van der Waals surface area (Å²) in [6, 6.07) is 0. The normalized spacial score (nSPS) is 20.0. The zero-order valence-corrected chi connectivity index (χ0v) is 10.3. The third-order valence-corrected chi connectivity index (χ3v) is 3.14. The predicted octanol–water partition coefficient (Wildman–Crippen LogP) is 1.18. The Balaban J connectivity index is 2.04. The lowest BCUT2D eigenvalue weighted by molar-refractivity contribution is 0.112. The van der Waals surface area contributed by atoms with E-state index in [1.165, 1.54) is 25.9 Å². The summed E-state index contributed by atoms with van der Waals surface area (Å²) in [6.07, 6.45) is 4.58. The second-order valence-electron chi connectivity index (χ2n) is 4.75. The average Bonchev–Trinajstić information content (AvgIpc) is 2.67. The van der Waals surface area contributed by atoms with E-state index in [0.29, 0.717) is 0 Å². The molecule has 3 heteroatoms. The molecule has 0 amide bonds. The van der Waals surface area contributed by atoms with Gasteiger partial charge in [-0.1, -0.05) is 13.3 Å². The first kappa shape index (κ1) is 12.9. The molecule has 0 aromatic carbocycles. The Hall–Kier alpha value is -0.120. The Morgan fingerprint density at radius 3 is 2.60 bits per heavy atom. The molecule has 1 heterocycles. The maximum Gasteiger partial charge on any atom is 0.0666 e. The molecule has 1 aliphatic rings. The van der Waals surface area contributed by atoms with E-state index in [1.54, 1.807) is 0 Å². The maximum atomic E-state index is 9.66. The van der Waals surface area contributed by atoms with Crippen LogP contribution in [0.15, 0.2) is 0 Å². The number of hydrogen-bond donors (Lipinski definition) is 1. The number of aliphatic hydroxyl groups excluding tert-OH is 1. The van der Waals surface area contributed by atoms with Gasteiger partial charge in [0.05, 0.1) is 6.10 Å². The van der Waals surface area contributed by atoms with Gasteiger partial charge >= 0.3 is 0 Å². The lowest BCUT2D eigenvalue weighted by Crippen LogP contribution is -2.35. The third kappa shape index (κ3) is 5.50. The quantitative estimate of drug-likeness (QED) is 0.689. The van der Waals surface area contributed by atoms with Gasteiger partial charge in [-0.2, -0.15) is 0 Å². The van der Waals surface area contributed by atoms with Crippen molar-refractivity contribution in [2.24, 2.45) is 0 Å². The van der Waals surface area contributed by atoms with Crippen LogP contribution in [0.2, 0.25) is 0 Å². The Kier molecular flexibility index (Phi) is 6.22. The van der Waals surface area contributed by atoms with Crippen LogP contribution >= 0.6 is 0 Å². The Labute approximate surface area is 94.1 Å². The van der Waals surface area contributed by atoms with Crippen molar-refractivity contribution in [2.75, 3.05) is 39.8 Å². The molecule has 1 aliphatic heterocycles. The van der Waals surface area contributed by atoms with E-state index in [9.17, 15) is 5.11 Å². The van der Waals surface area contributed by atoms with Gasteiger partial charge in [-0.15, -0.1) is 0 Å². The Morgan fingerprint density at radius 2 is 2.00 bits per heavy atom. The number of nitrogens with zero attached hydrogens (tertiary/aromatic N) is 2. The lowest BCUT2D eigenvalue weighted by Gasteiger charge is -2.23. The first-order valence-corrected chi connectivity index (χ1v) is 6.31. The minimum absolute atomic E-state index is 0.140. The zero-order valence-electron chi connectivity index (χ0n) is 10.3. The molecule has 1 unspecified atom stereocenters. The van der Waals surface area contributed by atoms with E-state index in [0.717, 1.165) is 32.5 Å². The average molecular weight is 214 g/mol. The fraction of sp³-hybridized carbons (Fsp3) is 1.00. The highest BCUT2D eigenvalue weighted by molar-refractivity contribution is 4.68. The topological polar surface area (TPSA) is 26.7 Å². The number of likely N-dealkylation sites (tertiary alicyclic amines) is 1. The van der Waals surface area contributed by atoms with Gasteiger partial charge in [0, 0.05) is 19.6 Å². The summed E-state index contributed by atoms with van der Waals surface area (Å²) in [4.78, 5) is 4.77. The van der Waals surface area contributed by atoms with Gasteiger partial charge in [0.25, 0.3) is 0 Å². The Bertz CT molecular complexity index is 158. The van der Waals surface area contributed by atoms with E-state index in [-0.39, 0.29) is 6.10 Å². The van der Waals surface area contributed by atoms with Gasteiger partial charge < -0.3 is 14.9 Å². The summed E-state index contributed by atoms with van der Waals surface area (Å²) >= 11 is 0. The van der Waals surface area contributed by atoms with Crippen molar-refractivity contribution in [2.45, 2.75) is 38.7 Å². The summed E-state index contributed by atoms with van der Waals surface area (Å²) in [6.45, 7) is 7.72. The van der Waals surface area contributed by atoms with Crippen molar-refractivity contribution in [1.82, 2.24) is 9.80 Å². The van der Waals surface area contributed by atoms with Gasteiger partial charge in [-0.25, -0.2) is 0 Å². The van der Waals surface area contributed by atoms with Crippen LogP contribution in [0.25, 0.3) is 0 Å². The molecule has 1 atom stereocenters. The van der Waals surface area contributed by atoms with Crippen molar-refractivity contribution < 1.29 is 5.11 Å². The first-order chi connectivity index (χ1) is 7.22. The van der Waals surface area contributed by atoms with Crippen LogP contribution in [-0.4, -0.2) is 60.8 Å². The van der Waals surface area contributed by atoms with Gasteiger partial charge in [-0.05, 0) is 39.4 Å². The highest BCUT2D eigenvalue weighted by Crippen LogP contribution is 2.06. The summed E-state index contributed by atoms with van der Waals surface area (Å²) in [7, 11) is 2.11. The molecular formula is C12H26N2O. The minimum atomic E-state index is -0.140. The molecule has 1 saturated heterocycles. The number of aliphatic hydroxyl groups is 1. The standard InChI is InChI=1S/C12H26N2O/c1-3-6-12(15)11-13(2)9-10-14-7-4-5-8-14/h12,15H,3-11H2,1-2H3. The first-order valence-electron chi connectivity index (χ1n) is 6.31. The molecule has 0 saturated carbocycles. The van der Waals surface area contributed by atoms with Gasteiger partial charge in [0.2, 0.25) is 0 Å². The van der Waals surface area contributed by atoms with Crippen LogP contribution in [0.1, 0.15) is 32.6 Å². The monoisotopic (exact) mass is 214 g/mol. The van der Waals surface area contributed by atoms with E-state index >= 15 is 0 Å². The predicted molar refractivity (Wildman–Crippen MR) is 64.1 cm³/mol. The molecular weight excluding hydrogens is 188 g/mol. The molecule has 0 bridgehead atoms. The van der Waals surface area contributed by atoms with Crippen LogP contribution in [0.4, 0.5) is 0 Å². The van der Waals surface area contributed by atoms with Crippen LogP contribution in [-0.2, 0) is 0 Å². The van der Waals surface area contributed by atoms with Crippen LogP contribution in [0.5, 0.6) is 0 Å². The second kappa shape index (κ2) is 7.20. The summed E-state index contributed by atoms with van der Waals surface area (Å²) in [5, 5.41) is 9.66. The molecule has 1 N–H and O–H groups in total. The highest BCUT2D eigenvalue weighted by Gasteiger charge is 2.12. The SMILES string of the molecule is CCCC(O)CN(C)CCN1CCCC1. The van der Waals surface area contributed by atoms with Crippen LogP contribution in [0, 0.1) is 0 Å². The van der Waals surface area contributed by atoms with Crippen molar-refractivity contribution in [3.05, 3.63) is 0 Å². The molecule has 90 valence electrons. The molecule has 0 aromatic heterocycles. The smallest absolute Gasteiger partial charge is 0.0666 e. The minimum Gasteiger partial charge on any atom is -0.392 e. The van der Waals surface area contributed by atoms with E-state index < -0.39 is 0 Å². The lowest BCUT2D eigenvalue weighted by atomic mass is 10.2. The summed E-state index contributed by atoms with van der Waals surface area (Å²) in [5.41, 5.74) is 0. The van der Waals surface area contributed by atoms with Gasteiger partial charge in [-0.3, -0.25) is 0 Å². The summed E-state index contributed by atoms with van der Waals surface area (Å²) in [5.74, 6) is 0. The molecule has 15 heavy (non-hydrogen) atoms. The molecule has 0 aromatic rings. The fourth-order valence-electron chi connectivity index (χ4n) is 2.19. The largest absolute Gasteiger partial charge is 0.392 e. The second-order valence-corrected chi connectivity index (χ2v) is 4.75. The molecule has 3 nitrogen and oxygen atoms in total. The van der Waals surface area contributed by atoms with Crippen molar-refractivity contribution in [1.29, 1.82) is 0 Å². The highest BCUT2D eigenvalue weighted by atomic mass is 16.3. The van der Waals surface area contributed by atoms with Crippen molar-refractivity contribution >= 4 is 0 Å². The third-order valence-electron chi connectivity index (χ3n) is 3.14. The van der Waals surface area contributed by atoms with E-state index in [1.807, 2.05) is 0 Å². The molecule has 1 fully saturated rings. The van der Waals surface area contributed by atoms with E-state index in [2.05, 4.69) is 23.8 Å². The van der Waals surface area contributed by atoms with E-state index in [4.69, 9.17) is 0 Å². The van der Waals surface area contributed by atoms with Gasteiger partial charge in [0.15, 0.2) is 0 Å².